The Kier molecular flexibility index (Phi) is 3.89. The van der Waals surface area contributed by atoms with E-state index >= 15 is 0 Å². The van der Waals surface area contributed by atoms with Gasteiger partial charge in [-0.25, -0.2) is 4.98 Å². The molecule has 0 bridgehead atoms. The molecule has 0 saturated carbocycles. The molecular weight excluding hydrogens is 236 g/mol. The van der Waals surface area contributed by atoms with Crippen molar-refractivity contribution in [2.24, 2.45) is 0 Å². The van der Waals surface area contributed by atoms with E-state index in [2.05, 4.69) is 28.6 Å². The third-order valence-electron chi connectivity index (χ3n) is 4.59. The van der Waals surface area contributed by atoms with Gasteiger partial charge in [0.25, 0.3) is 0 Å². The summed E-state index contributed by atoms with van der Waals surface area (Å²) in [5.74, 6) is 1.28. The van der Waals surface area contributed by atoms with Gasteiger partial charge in [-0.2, -0.15) is 0 Å². The summed E-state index contributed by atoms with van der Waals surface area (Å²) in [6.45, 7) is 10.3. The number of imidazole rings is 1. The fraction of sp³-hybridized carbons (Fsp3) is 0.800. The van der Waals surface area contributed by atoms with Crippen molar-refractivity contribution in [1.29, 1.82) is 0 Å². The zero-order chi connectivity index (χ0) is 13.2. The van der Waals surface area contributed by atoms with E-state index < -0.39 is 0 Å². The molecule has 3 rings (SSSR count). The number of hydrogen-bond acceptors (Lipinski definition) is 3. The van der Waals surface area contributed by atoms with Crippen molar-refractivity contribution >= 4 is 0 Å². The van der Waals surface area contributed by atoms with Gasteiger partial charge < -0.3 is 9.88 Å². The summed E-state index contributed by atoms with van der Waals surface area (Å²) in [7, 11) is 0. The molecule has 1 aromatic rings. The van der Waals surface area contributed by atoms with Crippen molar-refractivity contribution in [2.45, 2.75) is 58.7 Å². The Morgan fingerprint density at radius 3 is 2.84 bits per heavy atom. The molecule has 2 aliphatic rings. The standard InChI is InChI=1S/C15H26N4/c1-3-15-17-13-10-16-7-6-14(13)19(15)11-12(2)18-8-4-5-9-18/h12,16H,3-11H2,1-2H3. The first-order chi connectivity index (χ1) is 9.29. The van der Waals surface area contributed by atoms with Crippen LogP contribution in [0.4, 0.5) is 0 Å². The minimum atomic E-state index is 0.640. The Morgan fingerprint density at radius 1 is 1.32 bits per heavy atom. The number of rotatable bonds is 4. The predicted molar refractivity (Wildman–Crippen MR) is 77.3 cm³/mol. The average molecular weight is 262 g/mol. The molecule has 4 heteroatoms. The summed E-state index contributed by atoms with van der Waals surface area (Å²) in [5, 5.41) is 3.43. The molecule has 1 atom stereocenters. The molecule has 1 aromatic heterocycles. The lowest BCUT2D eigenvalue weighted by Crippen LogP contribution is -2.35. The van der Waals surface area contributed by atoms with Gasteiger partial charge in [0, 0.05) is 44.2 Å². The number of fused-ring (bicyclic) bond motifs is 1. The summed E-state index contributed by atoms with van der Waals surface area (Å²) < 4.78 is 2.51. The van der Waals surface area contributed by atoms with E-state index in [1.165, 1.54) is 43.1 Å². The van der Waals surface area contributed by atoms with Gasteiger partial charge in [-0.05, 0) is 32.9 Å². The molecule has 0 aliphatic carbocycles. The van der Waals surface area contributed by atoms with Gasteiger partial charge in [0.15, 0.2) is 0 Å². The van der Waals surface area contributed by atoms with Crippen LogP contribution in [0, 0.1) is 0 Å². The normalized spacial score (nSPS) is 21.6. The number of nitrogens with one attached hydrogen (secondary N) is 1. The Hall–Kier alpha value is -0.870. The van der Waals surface area contributed by atoms with E-state index in [1.54, 1.807) is 0 Å². The van der Waals surface area contributed by atoms with Crippen LogP contribution in [-0.4, -0.2) is 40.1 Å². The number of hydrogen-bond donors (Lipinski definition) is 1. The minimum Gasteiger partial charge on any atom is -0.330 e. The number of aromatic nitrogens is 2. The molecule has 0 spiro atoms. The molecule has 1 saturated heterocycles. The van der Waals surface area contributed by atoms with Gasteiger partial charge in [0.1, 0.15) is 5.82 Å². The van der Waals surface area contributed by atoms with Gasteiger partial charge in [-0.15, -0.1) is 0 Å². The summed E-state index contributed by atoms with van der Waals surface area (Å²) >= 11 is 0. The zero-order valence-electron chi connectivity index (χ0n) is 12.3. The zero-order valence-corrected chi connectivity index (χ0v) is 12.3. The Bertz CT molecular complexity index is 432. The fourth-order valence-corrected chi connectivity index (χ4v) is 3.47. The maximum absolute atomic E-state index is 4.83. The molecule has 4 nitrogen and oxygen atoms in total. The molecule has 1 N–H and O–H groups in total. The summed E-state index contributed by atoms with van der Waals surface area (Å²) in [6, 6.07) is 0.640. The van der Waals surface area contributed by atoms with Gasteiger partial charge in [0.2, 0.25) is 0 Å². The van der Waals surface area contributed by atoms with Gasteiger partial charge in [-0.3, -0.25) is 4.90 Å². The largest absolute Gasteiger partial charge is 0.330 e. The van der Waals surface area contributed by atoms with Crippen LogP contribution in [0.3, 0.4) is 0 Å². The van der Waals surface area contributed by atoms with Crippen molar-refractivity contribution in [3.63, 3.8) is 0 Å². The molecule has 3 heterocycles. The Morgan fingerprint density at radius 2 is 2.11 bits per heavy atom. The maximum Gasteiger partial charge on any atom is 0.109 e. The van der Waals surface area contributed by atoms with Crippen molar-refractivity contribution in [3.8, 4) is 0 Å². The molecular formula is C15H26N4. The van der Waals surface area contributed by atoms with E-state index in [-0.39, 0.29) is 0 Å². The van der Waals surface area contributed by atoms with Crippen molar-refractivity contribution < 1.29 is 0 Å². The second kappa shape index (κ2) is 5.63. The second-order valence-electron chi connectivity index (χ2n) is 5.90. The lowest BCUT2D eigenvalue weighted by Gasteiger charge is -2.26. The number of aryl methyl sites for hydroxylation is 1. The lowest BCUT2D eigenvalue weighted by molar-refractivity contribution is 0.232. The monoisotopic (exact) mass is 262 g/mol. The first kappa shape index (κ1) is 13.1. The van der Waals surface area contributed by atoms with Crippen LogP contribution in [0.15, 0.2) is 0 Å². The highest BCUT2D eigenvalue weighted by atomic mass is 15.2. The molecule has 1 fully saturated rings. The molecule has 0 amide bonds. The molecule has 1 unspecified atom stereocenters. The topological polar surface area (TPSA) is 33.1 Å². The van der Waals surface area contributed by atoms with E-state index in [4.69, 9.17) is 4.98 Å². The summed E-state index contributed by atoms with van der Waals surface area (Å²) in [4.78, 5) is 7.46. The molecule has 106 valence electrons. The van der Waals surface area contributed by atoms with Gasteiger partial charge in [-0.1, -0.05) is 6.92 Å². The fourth-order valence-electron chi connectivity index (χ4n) is 3.47. The SMILES string of the molecule is CCc1nc2c(n1CC(C)N1CCCC1)CCNC2. The van der Waals surface area contributed by atoms with Crippen LogP contribution >= 0.6 is 0 Å². The highest BCUT2D eigenvalue weighted by molar-refractivity contribution is 5.20. The second-order valence-corrected chi connectivity index (χ2v) is 5.90. The number of likely N-dealkylation sites (tertiary alicyclic amines) is 1. The third-order valence-corrected chi connectivity index (χ3v) is 4.59. The van der Waals surface area contributed by atoms with E-state index in [0.29, 0.717) is 6.04 Å². The van der Waals surface area contributed by atoms with Crippen molar-refractivity contribution in [1.82, 2.24) is 19.8 Å². The lowest BCUT2D eigenvalue weighted by atomic mass is 10.1. The third kappa shape index (κ3) is 2.56. The van der Waals surface area contributed by atoms with E-state index in [1.807, 2.05) is 0 Å². The number of nitrogens with zero attached hydrogens (tertiary/aromatic N) is 3. The first-order valence-corrected chi connectivity index (χ1v) is 7.81. The maximum atomic E-state index is 4.83. The van der Waals surface area contributed by atoms with Crippen LogP contribution in [0.1, 0.15) is 43.9 Å². The molecule has 19 heavy (non-hydrogen) atoms. The predicted octanol–water partition coefficient (Wildman–Crippen LogP) is 1.58. The van der Waals surface area contributed by atoms with Crippen molar-refractivity contribution in [2.75, 3.05) is 19.6 Å². The minimum absolute atomic E-state index is 0.640. The van der Waals surface area contributed by atoms with Crippen LogP contribution < -0.4 is 5.32 Å². The molecule has 0 radical (unpaired) electrons. The van der Waals surface area contributed by atoms with Crippen molar-refractivity contribution in [3.05, 3.63) is 17.2 Å². The Balaban J connectivity index is 1.80. The first-order valence-electron chi connectivity index (χ1n) is 7.81. The van der Waals surface area contributed by atoms with Crippen LogP contribution in [0.25, 0.3) is 0 Å². The van der Waals surface area contributed by atoms with Crippen LogP contribution in [-0.2, 0) is 25.9 Å². The van der Waals surface area contributed by atoms with E-state index in [0.717, 1.165) is 32.5 Å². The average Bonchev–Trinajstić information content (AvgIpc) is 3.06. The quantitative estimate of drug-likeness (QED) is 0.894. The molecule has 0 aromatic carbocycles. The van der Waals surface area contributed by atoms with Gasteiger partial charge >= 0.3 is 0 Å². The smallest absolute Gasteiger partial charge is 0.109 e. The Labute approximate surface area is 116 Å². The molecule has 2 aliphatic heterocycles. The van der Waals surface area contributed by atoms with Gasteiger partial charge in [0.05, 0.1) is 5.69 Å². The summed E-state index contributed by atoms with van der Waals surface area (Å²) in [6.07, 6.45) is 4.92. The highest BCUT2D eigenvalue weighted by Gasteiger charge is 2.23. The summed E-state index contributed by atoms with van der Waals surface area (Å²) in [5.41, 5.74) is 2.78. The highest BCUT2D eigenvalue weighted by Crippen LogP contribution is 2.20. The van der Waals surface area contributed by atoms with Crippen LogP contribution in [0.5, 0.6) is 0 Å². The van der Waals surface area contributed by atoms with E-state index in [9.17, 15) is 0 Å². The van der Waals surface area contributed by atoms with Crippen LogP contribution in [0.2, 0.25) is 0 Å².